The van der Waals surface area contributed by atoms with Crippen molar-refractivity contribution in [1.82, 2.24) is 4.90 Å². The molecule has 2 aromatic rings. The lowest BCUT2D eigenvalue weighted by atomic mass is 9.98. The zero-order valence-electron chi connectivity index (χ0n) is 14.8. The fourth-order valence-corrected chi connectivity index (χ4v) is 3.82. The molecule has 2 aromatic carbocycles. The molecule has 0 radical (unpaired) electrons. The molecule has 2 atom stereocenters. The number of aliphatic hydroxyl groups excluding tert-OH is 1. The summed E-state index contributed by atoms with van der Waals surface area (Å²) in [5.74, 6) is 0.0555. The predicted molar refractivity (Wildman–Crippen MR) is 98.1 cm³/mol. The third kappa shape index (κ3) is 3.08. The van der Waals surface area contributed by atoms with Crippen molar-refractivity contribution in [2.24, 2.45) is 0 Å². The summed E-state index contributed by atoms with van der Waals surface area (Å²) in [6.45, 7) is 3.24. The van der Waals surface area contributed by atoms with Crippen LogP contribution in [0.3, 0.4) is 0 Å². The average Bonchev–Trinajstić information content (AvgIpc) is 3.00. The lowest BCUT2D eigenvalue weighted by Crippen LogP contribution is -2.49. The van der Waals surface area contributed by atoms with E-state index < -0.39 is 6.10 Å². The van der Waals surface area contributed by atoms with Crippen LogP contribution in [0.4, 0.5) is 4.79 Å². The molecule has 26 heavy (non-hydrogen) atoms. The smallest absolute Gasteiger partial charge is 0.409 e. The van der Waals surface area contributed by atoms with Crippen LogP contribution >= 0.6 is 0 Å². The Morgan fingerprint density at radius 2 is 1.81 bits per heavy atom. The predicted octanol–water partition coefficient (Wildman–Crippen LogP) is 3.02. The van der Waals surface area contributed by atoms with Crippen molar-refractivity contribution in [3.8, 4) is 11.1 Å². The van der Waals surface area contributed by atoms with Crippen molar-refractivity contribution in [3.63, 3.8) is 0 Å². The van der Waals surface area contributed by atoms with E-state index in [0.717, 1.165) is 0 Å². The molecule has 5 heteroatoms. The van der Waals surface area contributed by atoms with Gasteiger partial charge in [0.1, 0.15) is 12.7 Å². The molecule has 0 bridgehead atoms. The summed E-state index contributed by atoms with van der Waals surface area (Å²) in [6.07, 6.45) is -1.32. The Labute approximate surface area is 153 Å². The van der Waals surface area contributed by atoms with E-state index in [1.807, 2.05) is 24.3 Å². The standard InChI is InChI=1S/C21H23NO4/c1-14(23)20-12-22(10-11-25-20)21(24)26-13-19-17-8-4-2-6-15(17)16-7-3-5-9-18(16)19/h2-9,14,19-20,23H,10-13H2,1H3/t14-,20?/m1/s1. The third-order valence-electron chi connectivity index (χ3n) is 5.23. The summed E-state index contributed by atoms with van der Waals surface area (Å²) in [7, 11) is 0. The first kappa shape index (κ1) is 17.1. The lowest BCUT2D eigenvalue weighted by Gasteiger charge is -2.33. The Morgan fingerprint density at radius 3 is 2.42 bits per heavy atom. The highest BCUT2D eigenvalue weighted by Crippen LogP contribution is 2.44. The van der Waals surface area contributed by atoms with E-state index in [0.29, 0.717) is 26.3 Å². The second-order valence-electron chi connectivity index (χ2n) is 6.90. The number of benzene rings is 2. The van der Waals surface area contributed by atoms with Gasteiger partial charge in [0.15, 0.2) is 0 Å². The highest BCUT2D eigenvalue weighted by molar-refractivity contribution is 5.79. The SMILES string of the molecule is C[C@@H](O)C1CN(C(=O)OCC2c3ccccc3-c3ccccc32)CCO1. The fraction of sp³-hybridized carbons (Fsp3) is 0.381. The maximum atomic E-state index is 12.5. The second-order valence-corrected chi connectivity index (χ2v) is 6.90. The molecule has 1 aliphatic heterocycles. The number of ether oxygens (including phenoxy) is 2. The molecular formula is C21H23NO4. The zero-order valence-corrected chi connectivity index (χ0v) is 14.8. The summed E-state index contributed by atoms with van der Waals surface area (Å²) >= 11 is 0. The maximum Gasteiger partial charge on any atom is 0.409 e. The molecule has 1 heterocycles. The van der Waals surface area contributed by atoms with Crippen molar-refractivity contribution in [1.29, 1.82) is 0 Å². The second kappa shape index (κ2) is 7.09. The minimum Gasteiger partial charge on any atom is -0.448 e. The van der Waals surface area contributed by atoms with Gasteiger partial charge in [0.25, 0.3) is 0 Å². The molecule has 2 aliphatic rings. The number of carbonyl (C=O) groups is 1. The first-order chi connectivity index (χ1) is 12.6. The zero-order chi connectivity index (χ0) is 18.1. The number of morpholine rings is 1. The highest BCUT2D eigenvalue weighted by atomic mass is 16.6. The summed E-state index contributed by atoms with van der Waals surface area (Å²) in [6, 6.07) is 16.6. The molecule has 0 saturated carbocycles. The molecule has 1 N–H and O–H groups in total. The van der Waals surface area contributed by atoms with Crippen LogP contribution in [-0.2, 0) is 9.47 Å². The van der Waals surface area contributed by atoms with Crippen LogP contribution in [0, 0.1) is 0 Å². The number of carbonyl (C=O) groups excluding carboxylic acids is 1. The Kier molecular flexibility index (Phi) is 4.66. The van der Waals surface area contributed by atoms with Crippen LogP contribution < -0.4 is 0 Å². The van der Waals surface area contributed by atoms with E-state index in [9.17, 15) is 9.90 Å². The van der Waals surface area contributed by atoms with Crippen molar-refractivity contribution in [2.45, 2.75) is 25.0 Å². The molecule has 1 aliphatic carbocycles. The molecule has 0 spiro atoms. The van der Waals surface area contributed by atoms with Gasteiger partial charge in [-0.1, -0.05) is 48.5 Å². The molecule has 1 saturated heterocycles. The van der Waals surface area contributed by atoms with Crippen molar-refractivity contribution in [3.05, 3.63) is 59.7 Å². The van der Waals surface area contributed by atoms with Gasteiger partial charge >= 0.3 is 6.09 Å². The van der Waals surface area contributed by atoms with Gasteiger partial charge in [-0.05, 0) is 29.2 Å². The summed E-state index contributed by atoms with van der Waals surface area (Å²) in [4.78, 5) is 14.1. The van der Waals surface area contributed by atoms with Crippen molar-refractivity contribution in [2.75, 3.05) is 26.3 Å². The number of fused-ring (bicyclic) bond motifs is 3. The van der Waals surface area contributed by atoms with Crippen molar-refractivity contribution >= 4 is 6.09 Å². The van der Waals surface area contributed by atoms with E-state index in [-0.39, 0.29) is 18.1 Å². The van der Waals surface area contributed by atoms with Crippen LogP contribution in [0.15, 0.2) is 48.5 Å². The van der Waals surface area contributed by atoms with Gasteiger partial charge in [-0.25, -0.2) is 4.79 Å². The number of amides is 1. The van der Waals surface area contributed by atoms with Crippen LogP contribution in [0.2, 0.25) is 0 Å². The fourth-order valence-electron chi connectivity index (χ4n) is 3.82. The monoisotopic (exact) mass is 353 g/mol. The highest BCUT2D eigenvalue weighted by Gasteiger charge is 2.31. The minimum atomic E-state index is -0.612. The maximum absolute atomic E-state index is 12.5. The molecule has 1 amide bonds. The Bertz CT molecular complexity index is 759. The molecule has 136 valence electrons. The first-order valence-corrected chi connectivity index (χ1v) is 9.04. The largest absolute Gasteiger partial charge is 0.448 e. The topological polar surface area (TPSA) is 59.0 Å². The Hall–Kier alpha value is -2.37. The quantitative estimate of drug-likeness (QED) is 0.921. The third-order valence-corrected chi connectivity index (χ3v) is 5.23. The van der Waals surface area contributed by atoms with E-state index in [2.05, 4.69) is 24.3 Å². The van der Waals surface area contributed by atoms with Crippen LogP contribution in [0.5, 0.6) is 0 Å². The van der Waals surface area contributed by atoms with Crippen molar-refractivity contribution < 1.29 is 19.4 Å². The number of aliphatic hydroxyl groups is 1. The molecule has 1 unspecified atom stereocenters. The number of rotatable bonds is 3. The first-order valence-electron chi connectivity index (χ1n) is 9.04. The molecule has 4 rings (SSSR count). The van der Waals surface area contributed by atoms with Gasteiger partial charge in [0.2, 0.25) is 0 Å². The van der Waals surface area contributed by atoms with Crippen LogP contribution in [0.25, 0.3) is 11.1 Å². The van der Waals surface area contributed by atoms with Gasteiger partial charge < -0.3 is 19.5 Å². The summed E-state index contributed by atoms with van der Waals surface area (Å²) in [5.41, 5.74) is 4.82. The molecule has 0 aromatic heterocycles. The number of hydrogen-bond donors (Lipinski definition) is 1. The van der Waals surface area contributed by atoms with E-state index in [1.54, 1.807) is 11.8 Å². The van der Waals surface area contributed by atoms with Gasteiger partial charge in [-0.15, -0.1) is 0 Å². The molecule has 5 nitrogen and oxygen atoms in total. The lowest BCUT2D eigenvalue weighted by molar-refractivity contribution is -0.0785. The number of nitrogens with zero attached hydrogens (tertiary/aromatic N) is 1. The number of hydrogen-bond acceptors (Lipinski definition) is 4. The Morgan fingerprint density at radius 1 is 1.19 bits per heavy atom. The van der Waals surface area contributed by atoms with E-state index >= 15 is 0 Å². The van der Waals surface area contributed by atoms with E-state index in [1.165, 1.54) is 22.3 Å². The van der Waals surface area contributed by atoms with Crippen LogP contribution in [0.1, 0.15) is 24.0 Å². The molecular weight excluding hydrogens is 330 g/mol. The van der Waals surface area contributed by atoms with Gasteiger partial charge in [0, 0.05) is 12.5 Å². The van der Waals surface area contributed by atoms with Gasteiger partial charge in [0.05, 0.1) is 19.3 Å². The normalized spacial score (nSPS) is 20.4. The minimum absolute atomic E-state index is 0.0555. The van der Waals surface area contributed by atoms with Gasteiger partial charge in [-0.3, -0.25) is 0 Å². The summed E-state index contributed by atoms with van der Waals surface area (Å²) in [5, 5.41) is 9.69. The Balaban J connectivity index is 1.47. The average molecular weight is 353 g/mol. The summed E-state index contributed by atoms with van der Waals surface area (Å²) < 4.78 is 11.1. The van der Waals surface area contributed by atoms with E-state index in [4.69, 9.17) is 9.47 Å². The van der Waals surface area contributed by atoms with Gasteiger partial charge in [-0.2, -0.15) is 0 Å². The molecule has 1 fully saturated rings. The van der Waals surface area contributed by atoms with Crippen LogP contribution in [-0.4, -0.2) is 54.6 Å².